The minimum absolute atomic E-state index is 0.0832. The standard InChI is InChI=1S/C17H10ClF3N2O2/c18-14-6-11(7-22)5-12-9-23(16(24)15(12)14)8-10-1-3-13(4-2-10)25-17(19,20)21/h1-6,9,24H,8H2. The van der Waals surface area contributed by atoms with Crippen LogP contribution in [0.5, 0.6) is 11.6 Å². The summed E-state index contributed by atoms with van der Waals surface area (Å²) in [5, 5.41) is 20.6. The zero-order chi connectivity index (χ0) is 18.2. The van der Waals surface area contributed by atoms with Crippen LogP contribution in [0.2, 0.25) is 5.02 Å². The molecule has 0 aliphatic carbocycles. The second kappa shape index (κ2) is 6.22. The average Bonchev–Trinajstić information content (AvgIpc) is 2.84. The Labute approximate surface area is 145 Å². The minimum Gasteiger partial charge on any atom is -0.494 e. The van der Waals surface area contributed by atoms with E-state index in [2.05, 4.69) is 4.74 Å². The molecular formula is C17H10ClF3N2O2. The second-order valence-electron chi connectivity index (χ2n) is 5.31. The van der Waals surface area contributed by atoms with Crippen LogP contribution in [0.25, 0.3) is 10.8 Å². The van der Waals surface area contributed by atoms with Crippen LogP contribution in [0.1, 0.15) is 11.1 Å². The van der Waals surface area contributed by atoms with Gasteiger partial charge in [-0.15, -0.1) is 13.2 Å². The van der Waals surface area contributed by atoms with E-state index in [-0.39, 0.29) is 23.2 Å². The summed E-state index contributed by atoms with van der Waals surface area (Å²) in [7, 11) is 0. The number of nitriles is 1. The molecule has 0 aliphatic rings. The van der Waals surface area contributed by atoms with Crippen molar-refractivity contribution >= 4 is 22.4 Å². The van der Waals surface area contributed by atoms with Gasteiger partial charge in [-0.1, -0.05) is 23.7 Å². The Morgan fingerprint density at radius 3 is 2.48 bits per heavy atom. The van der Waals surface area contributed by atoms with Crippen LogP contribution in [0.4, 0.5) is 13.2 Å². The summed E-state index contributed by atoms with van der Waals surface area (Å²) in [6.07, 6.45) is -3.12. The number of alkyl halides is 3. The average molecular weight is 367 g/mol. The molecule has 25 heavy (non-hydrogen) atoms. The molecule has 0 spiro atoms. The maximum atomic E-state index is 12.2. The fraction of sp³-hybridized carbons (Fsp3) is 0.118. The van der Waals surface area contributed by atoms with E-state index in [1.165, 1.54) is 34.9 Å². The zero-order valence-electron chi connectivity index (χ0n) is 12.5. The van der Waals surface area contributed by atoms with Crippen molar-refractivity contribution in [1.29, 1.82) is 5.26 Å². The molecular weight excluding hydrogens is 357 g/mol. The first-order valence-corrected chi connectivity index (χ1v) is 7.41. The highest BCUT2D eigenvalue weighted by Gasteiger charge is 2.30. The molecule has 0 saturated carbocycles. The van der Waals surface area contributed by atoms with Gasteiger partial charge in [0.25, 0.3) is 0 Å². The van der Waals surface area contributed by atoms with Crippen molar-refractivity contribution < 1.29 is 23.0 Å². The zero-order valence-corrected chi connectivity index (χ0v) is 13.3. The molecule has 0 amide bonds. The lowest BCUT2D eigenvalue weighted by Crippen LogP contribution is -2.17. The Hall–Kier alpha value is -2.85. The van der Waals surface area contributed by atoms with Crippen molar-refractivity contribution in [2.24, 2.45) is 0 Å². The SMILES string of the molecule is N#Cc1cc(Cl)c2c(O)n(Cc3ccc(OC(F)(F)F)cc3)cc2c1. The van der Waals surface area contributed by atoms with Crippen LogP contribution in [-0.2, 0) is 6.54 Å². The summed E-state index contributed by atoms with van der Waals surface area (Å²) in [6, 6.07) is 10.4. The molecule has 0 aliphatic heterocycles. The molecule has 3 rings (SSSR count). The highest BCUT2D eigenvalue weighted by atomic mass is 35.5. The number of fused-ring (bicyclic) bond motifs is 1. The molecule has 4 nitrogen and oxygen atoms in total. The van der Waals surface area contributed by atoms with Gasteiger partial charge in [0.15, 0.2) is 0 Å². The predicted octanol–water partition coefficient (Wildman–Crippen LogP) is 4.82. The normalized spacial score (nSPS) is 11.5. The van der Waals surface area contributed by atoms with E-state index in [0.29, 0.717) is 21.9 Å². The quantitative estimate of drug-likeness (QED) is 0.723. The number of aromatic hydroxyl groups is 1. The highest BCUT2D eigenvalue weighted by molar-refractivity contribution is 6.36. The number of aromatic nitrogens is 1. The molecule has 0 unspecified atom stereocenters. The molecule has 0 saturated heterocycles. The molecule has 2 aromatic carbocycles. The van der Waals surface area contributed by atoms with Crippen molar-refractivity contribution in [2.45, 2.75) is 12.9 Å². The van der Waals surface area contributed by atoms with Crippen molar-refractivity contribution in [3.8, 4) is 17.7 Å². The Balaban J connectivity index is 1.89. The summed E-state index contributed by atoms with van der Waals surface area (Å²) in [5.41, 5.74) is 1.02. The Bertz CT molecular complexity index is 973. The lowest BCUT2D eigenvalue weighted by atomic mass is 10.1. The summed E-state index contributed by atoms with van der Waals surface area (Å²) in [4.78, 5) is 0. The van der Waals surface area contributed by atoms with Crippen molar-refractivity contribution in [2.75, 3.05) is 0 Å². The van der Waals surface area contributed by atoms with Crippen LogP contribution in [0.3, 0.4) is 0 Å². The smallest absolute Gasteiger partial charge is 0.494 e. The van der Waals surface area contributed by atoms with Gasteiger partial charge in [0.2, 0.25) is 5.88 Å². The molecule has 3 aromatic rings. The topological polar surface area (TPSA) is 58.2 Å². The molecule has 128 valence electrons. The van der Waals surface area contributed by atoms with Gasteiger partial charge in [-0.2, -0.15) is 5.26 Å². The van der Waals surface area contributed by atoms with Crippen molar-refractivity contribution in [1.82, 2.24) is 4.57 Å². The van der Waals surface area contributed by atoms with Crippen LogP contribution in [-0.4, -0.2) is 16.0 Å². The van der Waals surface area contributed by atoms with E-state index in [0.717, 1.165) is 0 Å². The van der Waals surface area contributed by atoms with E-state index in [1.54, 1.807) is 12.3 Å². The van der Waals surface area contributed by atoms with Gasteiger partial charge in [0.1, 0.15) is 5.75 Å². The van der Waals surface area contributed by atoms with Gasteiger partial charge in [-0.05, 0) is 29.8 Å². The third-order valence-electron chi connectivity index (χ3n) is 3.55. The molecule has 0 bridgehead atoms. The largest absolute Gasteiger partial charge is 0.573 e. The van der Waals surface area contributed by atoms with Gasteiger partial charge in [0, 0.05) is 11.6 Å². The first-order valence-electron chi connectivity index (χ1n) is 7.03. The molecule has 0 fully saturated rings. The number of hydrogen-bond donors (Lipinski definition) is 1. The monoisotopic (exact) mass is 366 g/mol. The summed E-state index contributed by atoms with van der Waals surface area (Å²) in [5.74, 6) is -0.403. The third-order valence-corrected chi connectivity index (χ3v) is 3.85. The van der Waals surface area contributed by atoms with Gasteiger partial charge in [-0.25, -0.2) is 0 Å². The number of hydrogen-bond acceptors (Lipinski definition) is 3. The van der Waals surface area contributed by atoms with E-state index in [4.69, 9.17) is 16.9 Å². The maximum absolute atomic E-state index is 12.2. The highest BCUT2D eigenvalue weighted by Crippen LogP contribution is 2.35. The van der Waals surface area contributed by atoms with Crippen molar-refractivity contribution in [3.63, 3.8) is 0 Å². The summed E-state index contributed by atoms with van der Waals surface area (Å²) >= 11 is 6.10. The van der Waals surface area contributed by atoms with Crippen LogP contribution < -0.4 is 4.74 Å². The number of ether oxygens (including phenoxy) is 1. The lowest BCUT2D eigenvalue weighted by Gasteiger charge is -2.10. The second-order valence-corrected chi connectivity index (χ2v) is 5.71. The summed E-state index contributed by atoms with van der Waals surface area (Å²) in [6.45, 7) is 0.213. The van der Waals surface area contributed by atoms with E-state index in [1.807, 2.05) is 6.07 Å². The Morgan fingerprint density at radius 2 is 1.88 bits per heavy atom. The third kappa shape index (κ3) is 3.64. The Kier molecular flexibility index (Phi) is 4.23. The summed E-state index contributed by atoms with van der Waals surface area (Å²) < 4.78 is 41.8. The fourth-order valence-electron chi connectivity index (χ4n) is 2.52. The van der Waals surface area contributed by atoms with Crippen molar-refractivity contribution in [3.05, 3.63) is 58.7 Å². The lowest BCUT2D eigenvalue weighted by molar-refractivity contribution is -0.274. The van der Waals surface area contributed by atoms with E-state index in [9.17, 15) is 18.3 Å². The number of benzene rings is 2. The maximum Gasteiger partial charge on any atom is 0.573 e. The molecule has 1 heterocycles. The van der Waals surface area contributed by atoms with Crippen LogP contribution in [0.15, 0.2) is 42.6 Å². The van der Waals surface area contributed by atoms with Gasteiger partial charge < -0.3 is 14.4 Å². The van der Waals surface area contributed by atoms with Gasteiger partial charge in [-0.3, -0.25) is 0 Å². The first-order chi connectivity index (χ1) is 11.8. The van der Waals surface area contributed by atoms with E-state index < -0.39 is 6.36 Å². The van der Waals surface area contributed by atoms with Crippen LogP contribution in [0, 0.1) is 11.3 Å². The van der Waals surface area contributed by atoms with Crippen LogP contribution >= 0.6 is 11.6 Å². The number of rotatable bonds is 3. The number of nitrogens with zero attached hydrogens (tertiary/aromatic N) is 2. The van der Waals surface area contributed by atoms with Gasteiger partial charge in [0.05, 0.1) is 28.6 Å². The predicted molar refractivity (Wildman–Crippen MR) is 85.6 cm³/mol. The van der Waals surface area contributed by atoms with E-state index >= 15 is 0 Å². The molecule has 0 radical (unpaired) electrons. The molecule has 0 atom stereocenters. The fourth-order valence-corrected chi connectivity index (χ4v) is 2.83. The molecule has 8 heteroatoms. The number of halogens is 4. The molecule has 1 aromatic heterocycles. The Morgan fingerprint density at radius 1 is 1.20 bits per heavy atom. The first kappa shape index (κ1) is 17.0. The van der Waals surface area contributed by atoms with Gasteiger partial charge >= 0.3 is 6.36 Å². The molecule has 1 N–H and O–H groups in total. The minimum atomic E-state index is -4.74.